The van der Waals surface area contributed by atoms with Crippen molar-refractivity contribution in [1.29, 1.82) is 0 Å². The maximum Gasteiger partial charge on any atom is 0.229 e. The SMILES string of the molecule is CC1O[C@@H](O[Si](C(C)C)(C(C)C)C(C)C)[C@@H](O)C(O)[C@H]1O[C@@H]1OC[C@@H](C)C(OC23COC[C@]2(COCc2ccccc2)O[C@@H](c2ccccc2)O3)[C@H]1OCc1ccccc1. The first-order valence-corrected chi connectivity index (χ1v) is 23.8. The lowest BCUT2D eigenvalue weighted by Gasteiger charge is -2.50. The molecule has 13 heteroatoms. The van der Waals surface area contributed by atoms with E-state index in [1.54, 1.807) is 0 Å². The third kappa shape index (κ3) is 9.21. The fourth-order valence-electron chi connectivity index (χ4n) is 9.70. The minimum atomic E-state index is -2.48. The predicted octanol–water partition coefficient (Wildman–Crippen LogP) is 7.42. The molecule has 0 spiro atoms. The summed E-state index contributed by atoms with van der Waals surface area (Å²) in [6, 6.07) is 29.6. The standard InChI is InChI=1S/C47H66O12Si/c1-30(2)60(31(3)4,32(5)6)59-44-39(49)38(48)41(34(8)54-44)55-45-42(52-26-36-20-14-10-15-21-36)40(33(7)24-53-45)56-47-29-51-28-46(47,27-50-25-35-18-12-9-13-19-35)57-43(58-47)37-22-16-11-17-23-37/h9-23,30-34,38-45,48-49H,24-29H2,1-8H3/t33-,34?,38?,39+,40?,41+,42-,43-,44+,45+,46+,47?/m1/s1. The molecule has 0 radical (unpaired) electrons. The molecule has 0 saturated carbocycles. The summed E-state index contributed by atoms with van der Waals surface area (Å²) in [7, 11) is -2.48. The summed E-state index contributed by atoms with van der Waals surface area (Å²) in [5.74, 6) is -1.61. The smallest absolute Gasteiger partial charge is 0.229 e. The fourth-order valence-corrected chi connectivity index (χ4v) is 15.1. The lowest BCUT2D eigenvalue weighted by molar-refractivity contribution is -0.361. The molecular weight excluding hydrogens is 785 g/mol. The van der Waals surface area contributed by atoms with Crippen LogP contribution in [0.5, 0.6) is 0 Å². The van der Waals surface area contributed by atoms with E-state index in [0.717, 1.165) is 16.7 Å². The molecule has 0 bridgehead atoms. The van der Waals surface area contributed by atoms with Gasteiger partial charge in [0.2, 0.25) is 14.1 Å². The van der Waals surface area contributed by atoms with Gasteiger partial charge in [-0.3, -0.25) is 0 Å². The van der Waals surface area contributed by atoms with E-state index < -0.39 is 75.2 Å². The third-order valence-electron chi connectivity index (χ3n) is 12.9. The lowest BCUT2D eigenvalue weighted by atomic mass is 9.93. The van der Waals surface area contributed by atoms with E-state index in [1.165, 1.54) is 0 Å². The fraction of sp³-hybridized carbons (Fsp3) is 0.617. The van der Waals surface area contributed by atoms with Crippen LogP contribution in [0.3, 0.4) is 0 Å². The predicted molar refractivity (Wildman–Crippen MR) is 226 cm³/mol. The van der Waals surface area contributed by atoms with E-state index in [1.807, 2.05) is 105 Å². The number of fused-ring (bicyclic) bond motifs is 1. The molecule has 4 heterocycles. The molecule has 12 nitrogen and oxygen atoms in total. The van der Waals surface area contributed by atoms with Gasteiger partial charge in [-0.2, -0.15) is 0 Å². The van der Waals surface area contributed by atoms with Crippen LogP contribution in [0.4, 0.5) is 0 Å². The van der Waals surface area contributed by atoms with E-state index in [4.69, 9.17) is 47.1 Å². The summed E-state index contributed by atoms with van der Waals surface area (Å²) in [6.45, 7) is 18.1. The summed E-state index contributed by atoms with van der Waals surface area (Å²) in [5.41, 5.74) is 2.43. The van der Waals surface area contributed by atoms with E-state index in [2.05, 4.69) is 41.5 Å². The van der Waals surface area contributed by atoms with E-state index >= 15 is 0 Å². The number of rotatable bonds is 17. The first-order chi connectivity index (χ1) is 28.8. The first kappa shape index (κ1) is 45.4. The molecule has 2 N–H and O–H groups in total. The lowest BCUT2D eigenvalue weighted by Crippen LogP contribution is -2.65. The van der Waals surface area contributed by atoms with Gasteiger partial charge in [0.15, 0.2) is 24.5 Å². The number of aliphatic hydroxyl groups excluding tert-OH is 2. The normalized spacial score (nSPS) is 34.8. The number of benzene rings is 3. The van der Waals surface area contributed by atoms with Gasteiger partial charge in [-0.1, -0.05) is 139 Å². The Morgan fingerprint density at radius 2 is 1.30 bits per heavy atom. The van der Waals surface area contributed by atoms with Gasteiger partial charge >= 0.3 is 0 Å². The van der Waals surface area contributed by atoms with Crippen molar-refractivity contribution in [2.24, 2.45) is 5.92 Å². The number of hydrogen-bond donors (Lipinski definition) is 2. The second-order valence-corrected chi connectivity index (χ2v) is 23.4. The van der Waals surface area contributed by atoms with Crippen molar-refractivity contribution in [2.45, 2.75) is 152 Å². The zero-order valence-electron chi connectivity index (χ0n) is 36.4. The molecule has 3 aromatic carbocycles. The monoisotopic (exact) mass is 850 g/mol. The third-order valence-corrected chi connectivity index (χ3v) is 18.9. The highest BCUT2D eigenvalue weighted by atomic mass is 28.4. The summed E-state index contributed by atoms with van der Waals surface area (Å²) in [4.78, 5) is 0. The molecule has 4 aliphatic heterocycles. The summed E-state index contributed by atoms with van der Waals surface area (Å²) in [6.07, 6.45) is -8.67. The van der Waals surface area contributed by atoms with Crippen molar-refractivity contribution in [3.8, 4) is 0 Å². The van der Waals surface area contributed by atoms with Crippen molar-refractivity contribution in [3.05, 3.63) is 108 Å². The second kappa shape index (κ2) is 19.4. The molecule has 0 aromatic heterocycles. The molecule has 4 fully saturated rings. The number of ether oxygens (including phenoxy) is 9. The molecule has 4 saturated heterocycles. The quantitative estimate of drug-likeness (QED) is 0.131. The van der Waals surface area contributed by atoms with Gasteiger partial charge in [0, 0.05) is 11.5 Å². The Kier molecular flexibility index (Phi) is 14.7. The zero-order chi connectivity index (χ0) is 42.7. The maximum atomic E-state index is 11.8. The summed E-state index contributed by atoms with van der Waals surface area (Å²) in [5, 5.41) is 23.5. The Bertz CT molecular complexity index is 1750. The molecule has 0 amide bonds. The van der Waals surface area contributed by atoms with Crippen molar-refractivity contribution in [2.75, 3.05) is 26.4 Å². The van der Waals surface area contributed by atoms with Crippen LogP contribution in [0.1, 0.15) is 78.4 Å². The molecule has 0 aliphatic carbocycles. The average molecular weight is 851 g/mol. The number of aliphatic hydroxyl groups is 2. The molecule has 330 valence electrons. The van der Waals surface area contributed by atoms with Crippen LogP contribution in [0.15, 0.2) is 91.0 Å². The molecule has 3 aromatic rings. The zero-order valence-corrected chi connectivity index (χ0v) is 37.4. The minimum Gasteiger partial charge on any atom is -0.389 e. The highest BCUT2D eigenvalue weighted by Gasteiger charge is 2.69. The second-order valence-electron chi connectivity index (χ2n) is 17.9. The number of hydrogen-bond acceptors (Lipinski definition) is 12. The van der Waals surface area contributed by atoms with Crippen molar-refractivity contribution in [3.63, 3.8) is 0 Å². The van der Waals surface area contributed by atoms with Gasteiger partial charge in [0.25, 0.3) is 0 Å². The van der Waals surface area contributed by atoms with Gasteiger partial charge in [0.1, 0.15) is 31.0 Å². The highest BCUT2D eigenvalue weighted by molar-refractivity contribution is 6.77. The largest absolute Gasteiger partial charge is 0.389 e. The van der Waals surface area contributed by atoms with Crippen LogP contribution in [0.25, 0.3) is 0 Å². The Balaban J connectivity index is 1.16. The van der Waals surface area contributed by atoms with Crippen LogP contribution in [0, 0.1) is 5.92 Å². The van der Waals surface area contributed by atoms with Crippen LogP contribution >= 0.6 is 0 Å². The summed E-state index contributed by atoms with van der Waals surface area (Å²) >= 11 is 0. The van der Waals surface area contributed by atoms with Crippen molar-refractivity contribution in [1.82, 2.24) is 0 Å². The molecular formula is C47H66O12Si. The highest BCUT2D eigenvalue weighted by Crippen LogP contribution is 2.52. The molecule has 4 aliphatic rings. The topological polar surface area (TPSA) is 133 Å². The molecule has 60 heavy (non-hydrogen) atoms. The average Bonchev–Trinajstić information content (AvgIpc) is 3.73. The van der Waals surface area contributed by atoms with Crippen LogP contribution in [-0.2, 0) is 60.3 Å². The maximum absolute atomic E-state index is 11.8. The van der Waals surface area contributed by atoms with Gasteiger partial charge in [-0.25, -0.2) is 0 Å². The molecule has 4 unspecified atom stereocenters. The van der Waals surface area contributed by atoms with Crippen LogP contribution in [-0.4, -0.2) is 106 Å². The van der Waals surface area contributed by atoms with E-state index in [0.29, 0.717) is 6.61 Å². The van der Waals surface area contributed by atoms with Gasteiger partial charge < -0.3 is 57.3 Å². The van der Waals surface area contributed by atoms with Crippen molar-refractivity contribution < 1.29 is 57.3 Å². The molecule has 12 atom stereocenters. The van der Waals surface area contributed by atoms with Crippen LogP contribution in [0.2, 0.25) is 16.6 Å². The van der Waals surface area contributed by atoms with E-state index in [-0.39, 0.29) is 55.6 Å². The Hall–Kier alpha value is -2.60. The minimum absolute atomic E-state index is 0.0831. The van der Waals surface area contributed by atoms with Gasteiger partial charge in [0.05, 0.1) is 45.2 Å². The molecule has 7 rings (SSSR count). The first-order valence-electron chi connectivity index (χ1n) is 21.7. The Labute approximate surface area is 356 Å². The van der Waals surface area contributed by atoms with E-state index in [9.17, 15) is 10.2 Å². The Morgan fingerprint density at radius 1 is 0.700 bits per heavy atom. The van der Waals surface area contributed by atoms with Gasteiger partial charge in [-0.05, 0) is 34.7 Å². The van der Waals surface area contributed by atoms with Gasteiger partial charge in [-0.15, -0.1) is 0 Å². The van der Waals surface area contributed by atoms with Crippen molar-refractivity contribution >= 4 is 8.32 Å². The summed E-state index contributed by atoms with van der Waals surface area (Å²) < 4.78 is 66.7. The Morgan fingerprint density at radius 3 is 1.92 bits per heavy atom. The van der Waals surface area contributed by atoms with Crippen LogP contribution < -0.4 is 0 Å².